The number of piperidine rings is 1. The van der Waals surface area contributed by atoms with Crippen molar-refractivity contribution in [3.8, 4) is 0 Å². The van der Waals surface area contributed by atoms with Crippen molar-refractivity contribution in [1.29, 1.82) is 0 Å². The summed E-state index contributed by atoms with van der Waals surface area (Å²) in [7, 11) is 0. The number of carbonyl (C=O) groups excluding carboxylic acids is 1. The third-order valence-corrected chi connectivity index (χ3v) is 5.88. The lowest BCUT2D eigenvalue weighted by molar-refractivity contribution is 0.0946. The minimum atomic E-state index is -0.119. The van der Waals surface area contributed by atoms with E-state index >= 15 is 0 Å². The van der Waals surface area contributed by atoms with Crippen LogP contribution in [0.2, 0.25) is 0 Å². The molecule has 3 rings (SSSR count). The molecule has 1 amide bonds. The van der Waals surface area contributed by atoms with E-state index in [0.717, 1.165) is 37.0 Å². The molecule has 0 spiro atoms. The number of rotatable bonds is 7. The summed E-state index contributed by atoms with van der Waals surface area (Å²) in [4.78, 5) is 19.2. The number of halogens is 2. The van der Waals surface area contributed by atoms with Crippen LogP contribution in [0.4, 0.5) is 0 Å². The molecule has 3 N–H and O–H groups in total. The molecule has 1 saturated heterocycles. The number of nitrogens with zero attached hydrogens (tertiary/aromatic N) is 2. The van der Waals surface area contributed by atoms with Crippen LogP contribution in [0.1, 0.15) is 46.4 Å². The van der Waals surface area contributed by atoms with Gasteiger partial charge in [-0.25, -0.2) is 4.98 Å². The van der Waals surface area contributed by atoms with Gasteiger partial charge in [-0.3, -0.25) is 9.69 Å². The second-order valence-electron chi connectivity index (χ2n) is 7.08. The van der Waals surface area contributed by atoms with Gasteiger partial charge >= 0.3 is 0 Å². The number of aromatic nitrogens is 1. The van der Waals surface area contributed by atoms with Gasteiger partial charge in [0.15, 0.2) is 0 Å². The number of benzene rings is 1. The molecule has 0 bridgehead atoms. The molecule has 0 unspecified atom stereocenters. The average molecular weight is 445 g/mol. The first-order valence-corrected chi connectivity index (χ1v) is 10.3. The fourth-order valence-corrected chi connectivity index (χ4v) is 4.06. The predicted molar refractivity (Wildman–Crippen MR) is 121 cm³/mol. The SMILES string of the molecule is CC1CCN(Cc2ccccc2CNC(=O)c2csc(CCN)n2)CC1.Cl.Cl. The van der Waals surface area contributed by atoms with Gasteiger partial charge in [0, 0.05) is 24.9 Å². The maximum Gasteiger partial charge on any atom is 0.271 e. The number of carbonyl (C=O) groups is 1. The summed E-state index contributed by atoms with van der Waals surface area (Å²) in [5.41, 5.74) is 8.50. The molecule has 28 heavy (non-hydrogen) atoms. The van der Waals surface area contributed by atoms with Gasteiger partial charge in [-0.15, -0.1) is 36.2 Å². The Bertz CT molecular complexity index is 733. The lowest BCUT2D eigenvalue weighted by Crippen LogP contribution is -2.33. The van der Waals surface area contributed by atoms with Gasteiger partial charge in [0.1, 0.15) is 5.69 Å². The quantitative estimate of drug-likeness (QED) is 0.683. The third-order valence-electron chi connectivity index (χ3n) is 4.97. The zero-order valence-electron chi connectivity index (χ0n) is 16.2. The van der Waals surface area contributed by atoms with Gasteiger partial charge < -0.3 is 11.1 Å². The zero-order valence-corrected chi connectivity index (χ0v) is 18.7. The van der Waals surface area contributed by atoms with E-state index in [0.29, 0.717) is 18.8 Å². The van der Waals surface area contributed by atoms with Crippen molar-refractivity contribution in [2.24, 2.45) is 11.7 Å². The maximum absolute atomic E-state index is 12.4. The average Bonchev–Trinajstić information content (AvgIpc) is 3.12. The summed E-state index contributed by atoms with van der Waals surface area (Å²) in [6, 6.07) is 8.38. The van der Waals surface area contributed by atoms with E-state index in [-0.39, 0.29) is 30.7 Å². The molecule has 2 heterocycles. The largest absolute Gasteiger partial charge is 0.347 e. The Hall–Kier alpha value is -1.18. The molecule has 2 aromatic rings. The van der Waals surface area contributed by atoms with Crippen LogP contribution in [0, 0.1) is 5.92 Å². The fourth-order valence-electron chi connectivity index (χ4n) is 3.26. The molecule has 0 saturated carbocycles. The summed E-state index contributed by atoms with van der Waals surface area (Å²) < 4.78 is 0. The molecule has 0 atom stereocenters. The van der Waals surface area contributed by atoms with Crippen LogP contribution in [-0.4, -0.2) is 35.4 Å². The summed E-state index contributed by atoms with van der Waals surface area (Å²) in [5.74, 6) is 0.717. The molecule has 1 aliphatic rings. The highest BCUT2D eigenvalue weighted by atomic mass is 35.5. The van der Waals surface area contributed by atoms with E-state index in [1.165, 1.54) is 35.3 Å². The molecule has 1 fully saturated rings. The van der Waals surface area contributed by atoms with Crippen LogP contribution in [0.3, 0.4) is 0 Å². The number of hydrogen-bond acceptors (Lipinski definition) is 5. The van der Waals surface area contributed by atoms with Crippen molar-refractivity contribution in [2.75, 3.05) is 19.6 Å². The molecular weight excluding hydrogens is 415 g/mol. The van der Waals surface area contributed by atoms with Gasteiger partial charge in [0.05, 0.1) is 5.01 Å². The topological polar surface area (TPSA) is 71.2 Å². The summed E-state index contributed by atoms with van der Waals surface area (Å²) in [6.07, 6.45) is 3.26. The molecule has 0 aliphatic carbocycles. The van der Waals surface area contributed by atoms with Crippen molar-refractivity contribution in [3.63, 3.8) is 0 Å². The van der Waals surface area contributed by atoms with Crippen LogP contribution in [0.25, 0.3) is 0 Å². The Balaban J connectivity index is 0.00000196. The molecule has 1 aliphatic heterocycles. The normalized spacial score (nSPS) is 14.8. The Labute approximate surface area is 183 Å². The molecule has 0 radical (unpaired) electrons. The molecule has 8 heteroatoms. The van der Waals surface area contributed by atoms with Gasteiger partial charge in [0.25, 0.3) is 5.91 Å². The summed E-state index contributed by atoms with van der Waals surface area (Å²) in [6.45, 7) is 6.68. The third kappa shape index (κ3) is 7.01. The number of thiazole rings is 1. The van der Waals surface area contributed by atoms with E-state index in [1.807, 2.05) is 6.07 Å². The van der Waals surface area contributed by atoms with Crippen LogP contribution in [0.15, 0.2) is 29.6 Å². The van der Waals surface area contributed by atoms with Gasteiger partial charge in [-0.1, -0.05) is 31.2 Å². The van der Waals surface area contributed by atoms with E-state index in [2.05, 4.69) is 40.3 Å². The zero-order chi connectivity index (χ0) is 18.4. The molecule has 156 valence electrons. The molecule has 5 nitrogen and oxygen atoms in total. The Kier molecular flexibility index (Phi) is 11.0. The van der Waals surface area contributed by atoms with E-state index in [4.69, 9.17) is 5.73 Å². The Morgan fingerprint density at radius 1 is 1.25 bits per heavy atom. The first-order chi connectivity index (χ1) is 12.7. The minimum Gasteiger partial charge on any atom is -0.347 e. The summed E-state index contributed by atoms with van der Waals surface area (Å²) in [5, 5.41) is 5.73. The van der Waals surface area contributed by atoms with Crippen molar-refractivity contribution < 1.29 is 4.79 Å². The number of amides is 1. The van der Waals surface area contributed by atoms with Gasteiger partial charge in [-0.05, 0) is 49.5 Å². The lowest BCUT2D eigenvalue weighted by Gasteiger charge is -2.30. The number of nitrogens with two attached hydrogens (primary N) is 1. The predicted octanol–water partition coefficient (Wildman–Crippen LogP) is 3.65. The minimum absolute atomic E-state index is 0. The fraction of sp³-hybridized carbons (Fsp3) is 0.500. The van der Waals surface area contributed by atoms with E-state index in [9.17, 15) is 4.79 Å². The molecule has 1 aromatic carbocycles. The molecule has 1 aromatic heterocycles. The highest BCUT2D eigenvalue weighted by molar-refractivity contribution is 7.09. The highest BCUT2D eigenvalue weighted by Gasteiger charge is 2.17. The Morgan fingerprint density at radius 3 is 2.61 bits per heavy atom. The highest BCUT2D eigenvalue weighted by Crippen LogP contribution is 2.20. The van der Waals surface area contributed by atoms with Crippen LogP contribution in [0.5, 0.6) is 0 Å². The van der Waals surface area contributed by atoms with Crippen molar-refractivity contribution in [1.82, 2.24) is 15.2 Å². The maximum atomic E-state index is 12.4. The first-order valence-electron chi connectivity index (χ1n) is 9.37. The van der Waals surface area contributed by atoms with Crippen molar-refractivity contribution in [2.45, 2.75) is 39.3 Å². The Morgan fingerprint density at radius 2 is 1.93 bits per heavy atom. The lowest BCUT2D eigenvalue weighted by atomic mass is 9.98. The second kappa shape index (κ2) is 12.4. The molecular formula is C20H30Cl2N4OS. The second-order valence-corrected chi connectivity index (χ2v) is 8.02. The first kappa shape index (κ1) is 24.9. The standard InChI is InChI=1S/C20H28N4OS.2ClH/c1-15-7-10-24(11-8-15)13-17-5-3-2-4-16(17)12-22-20(25)18-14-26-19(23-18)6-9-21;;/h2-5,14-15H,6-13,21H2,1H3,(H,22,25);2*1H. The van der Waals surface area contributed by atoms with E-state index < -0.39 is 0 Å². The van der Waals surface area contributed by atoms with Crippen LogP contribution < -0.4 is 11.1 Å². The van der Waals surface area contributed by atoms with Gasteiger partial charge in [0.2, 0.25) is 0 Å². The van der Waals surface area contributed by atoms with E-state index in [1.54, 1.807) is 5.38 Å². The number of likely N-dealkylation sites (tertiary alicyclic amines) is 1. The van der Waals surface area contributed by atoms with Crippen molar-refractivity contribution in [3.05, 3.63) is 51.5 Å². The summed E-state index contributed by atoms with van der Waals surface area (Å²) >= 11 is 1.49. The number of nitrogens with one attached hydrogen (secondary N) is 1. The van der Waals surface area contributed by atoms with Gasteiger partial charge in [-0.2, -0.15) is 0 Å². The van der Waals surface area contributed by atoms with Crippen molar-refractivity contribution >= 4 is 42.1 Å². The monoisotopic (exact) mass is 444 g/mol. The smallest absolute Gasteiger partial charge is 0.271 e. The van der Waals surface area contributed by atoms with Crippen LogP contribution >= 0.6 is 36.2 Å². The van der Waals surface area contributed by atoms with Crippen LogP contribution in [-0.2, 0) is 19.5 Å². The number of hydrogen-bond donors (Lipinski definition) is 2.